The van der Waals surface area contributed by atoms with Crippen LogP contribution in [-0.2, 0) is 6.42 Å². The van der Waals surface area contributed by atoms with Crippen molar-refractivity contribution in [2.24, 2.45) is 0 Å². The molecular weight excluding hydrogens is 296 g/mol. The Labute approximate surface area is 127 Å². The van der Waals surface area contributed by atoms with Gasteiger partial charge in [0.1, 0.15) is 17.4 Å². The Morgan fingerprint density at radius 3 is 2.38 bits per heavy atom. The van der Waals surface area contributed by atoms with Crippen LogP contribution in [0.15, 0.2) is 36.4 Å². The van der Waals surface area contributed by atoms with Crippen molar-refractivity contribution in [3.05, 3.63) is 64.2 Å². The van der Waals surface area contributed by atoms with Crippen molar-refractivity contribution in [2.75, 3.05) is 14.2 Å². The number of likely N-dealkylation sites (N-methyl/N-ethyl adjacent to an activating group) is 1. The average Bonchev–Trinajstić information content (AvgIpc) is 2.47. The maximum atomic E-state index is 13.8. The quantitative estimate of drug-likeness (QED) is 0.896. The predicted octanol–water partition coefficient (Wildman–Crippen LogP) is 4.13. The second-order valence-corrected chi connectivity index (χ2v) is 5.04. The first-order valence-electron chi connectivity index (χ1n) is 6.50. The molecule has 0 spiro atoms. The second kappa shape index (κ2) is 6.87. The topological polar surface area (TPSA) is 21.3 Å². The lowest BCUT2D eigenvalue weighted by Crippen LogP contribution is -2.20. The number of halogens is 3. The number of benzene rings is 2. The summed E-state index contributed by atoms with van der Waals surface area (Å²) in [5, 5.41) is 3.53. The lowest BCUT2D eigenvalue weighted by Gasteiger charge is -2.19. The molecule has 0 aliphatic rings. The molecule has 112 valence electrons. The Balaban J connectivity index is 2.32. The molecule has 0 aliphatic heterocycles. The highest BCUT2D eigenvalue weighted by atomic mass is 35.5. The van der Waals surface area contributed by atoms with Crippen LogP contribution in [0.2, 0.25) is 5.02 Å². The van der Waals surface area contributed by atoms with Crippen LogP contribution in [0, 0.1) is 11.6 Å². The van der Waals surface area contributed by atoms with Crippen LogP contribution in [-0.4, -0.2) is 14.2 Å². The van der Waals surface area contributed by atoms with Gasteiger partial charge < -0.3 is 10.1 Å². The van der Waals surface area contributed by atoms with Gasteiger partial charge in [-0.1, -0.05) is 23.7 Å². The van der Waals surface area contributed by atoms with Crippen LogP contribution in [0.25, 0.3) is 0 Å². The SMILES string of the molecule is CNC(Cc1c(F)cccc1F)c1ccc(OC)cc1Cl. The molecule has 0 aromatic heterocycles. The second-order valence-electron chi connectivity index (χ2n) is 4.63. The third-order valence-corrected chi connectivity index (χ3v) is 3.73. The maximum Gasteiger partial charge on any atom is 0.129 e. The van der Waals surface area contributed by atoms with E-state index in [4.69, 9.17) is 16.3 Å². The van der Waals surface area contributed by atoms with Crippen molar-refractivity contribution in [3.63, 3.8) is 0 Å². The summed E-state index contributed by atoms with van der Waals surface area (Å²) >= 11 is 6.22. The minimum absolute atomic E-state index is 0.0451. The largest absolute Gasteiger partial charge is 0.497 e. The van der Waals surface area contributed by atoms with Crippen LogP contribution in [0.3, 0.4) is 0 Å². The van der Waals surface area contributed by atoms with E-state index in [1.807, 2.05) is 0 Å². The molecule has 1 N–H and O–H groups in total. The van der Waals surface area contributed by atoms with Gasteiger partial charge in [-0.3, -0.25) is 0 Å². The van der Waals surface area contributed by atoms with Crippen molar-refractivity contribution >= 4 is 11.6 Å². The number of methoxy groups -OCH3 is 1. The molecule has 0 fully saturated rings. The lowest BCUT2D eigenvalue weighted by atomic mass is 9.98. The third kappa shape index (κ3) is 3.52. The zero-order chi connectivity index (χ0) is 15.4. The maximum absolute atomic E-state index is 13.8. The van der Waals surface area contributed by atoms with E-state index < -0.39 is 11.6 Å². The van der Waals surface area contributed by atoms with Gasteiger partial charge in [-0.2, -0.15) is 0 Å². The molecule has 0 amide bonds. The zero-order valence-corrected chi connectivity index (χ0v) is 12.5. The Morgan fingerprint density at radius 2 is 1.86 bits per heavy atom. The van der Waals surface area contributed by atoms with Crippen molar-refractivity contribution in [3.8, 4) is 5.75 Å². The lowest BCUT2D eigenvalue weighted by molar-refractivity contribution is 0.414. The van der Waals surface area contributed by atoms with Gasteiger partial charge in [0, 0.05) is 16.6 Å². The van der Waals surface area contributed by atoms with Gasteiger partial charge in [0.05, 0.1) is 7.11 Å². The number of ether oxygens (including phenoxy) is 1. The third-order valence-electron chi connectivity index (χ3n) is 3.40. The van der Waals surface area contributed by atoms with Gasteiger partial charge >= 0.3 is 0 Å². The highest BCUT2D eigenvalue weighted by molar-refractivity contribution is 6.31. The minimum atomic E-state index is -0.556. The van der Waals surface area contributed by atoms with Crippen molar-refractivity contribution in [1.82, 2.24) is 5.32 Å². The van der Waals surface area contributed by atoms with E-state index in [2.05, 4.69) is 5.32 Å². The fraction of sp³-hybridized carbons (Fsp3) is 0.250. The number of nitrogens with one attached hydrogen (secondary N) is 1. The summed E-state index contributed by atoms with van der Waals surface area (Å²) in [5.74, 6) is -0.476. The predicted molar refractivity (Wildman–Crippen MR) is 79.9 cm³/mol. The first-order valence-corrected chi connectivity index (χ1v) is 6.88. The molecular formula is C16H16ClF2NO. The summed E-state index contributed by atoms with van der Waals surface area (Å²) in [6, 6.07) is 8.79. The number of hydrogen-bond acceptors (Lipinski definition) is 2. The van der Waals surface area contributed by atoms with E-state index in [1.165, 1.54) is 18.2 Å². The Kier molecular flexibility index (Phi) is 5.15. The molecule has 2 aromatic carbocycles. The molecule has 0 radical (unpaired) electrons. The van der Waals surface area contributed by atoms with Crippen LogP contribution >= 0.6 is 11.6 Å². The van der Waals surface area contributed by atoms with Crippen LogP contribution in [0.5, 0.6) is 5.75 Å². The Hall–Kier alpha value is -1.65. The fourth-order valence-corrected chi connectivity index (χ4v) is 2.52. The van der Waals surface area contributed by atoms with Crippen LogP contribution in [0.4, 0.5) is 8.78 Å². The van der Waals surface area contributed by atoms with E-state index in [-0.39, 0.29) is 18.0 Å². The van der Waals surface area contributed by atoms with Crippen molar-refractivity contribution in [2.45, 2.75) is 12.5 Å². The van der Waals surface area contributed by atoms with E-state index in [9.17, 15) is 8.78 Å². The van der Waals surface area contributed by atoms with E-state index >= 15 is 0 Å². The molecule has 0 saturated carbocycles. The van der Waals surface area contributed by atoms with E-state index in [0.29, 0.717) is 10.8 Å². The average molecular weight is 312 g/mol. The minimum Gasteiger partial charge on any atom is -0.497 e. The van der Waals surface area contributed by atoms with Crippen LogP contribution < -0.4 is 10.1 Å². The van der Waals surface area contributed by atoms with Crippen LogP contribution in [0.1, 0.15) is 17.2 Å². The van der Waals surface area contributed by atoms with Gasteiger partial charge in [0.15, 0.2) is 0 Å². The molecule has 2 nitrogen and oxygen atoms in total. The summed E-state index contributed by atoms with van der Waals surface area (Å²) in [6.07, 6.45) is 0.168. The number of rotatable bonds is 5. The first-order chi connectivity index (χ1) is 10.1. The molecule has 2 aromatic rings. The summed E-state index contributed by atoms with van der Waals surface area (Å²) in [7, 11) is 3.28. The van der Waals surface area contributed by atoms with Gasteiger partial charge in [0.2, 0.25) is 0 Å². The fourth-order valence-electron chi connectivity index (χ4n) is 2.22. The molecule has 2 rings (SSSR count). The molecule has 0 heterocycles. The van der Waals surface area contributed by atoms with Gasteiger partial charge in [0.25, 0.3) is 0 Å². The molecule has 0 saturated heterocycles. The highest BCUT2D eigenvalue weighted by Gasteiger charge is 2.18. The first kappa shape index (κ1) is 15.7. The monoisotopic (exact) mass is 311 g/mol. The zero-order valence-electron chi connectivity index (χ0n) is 11.8. The van der Waals surface area contributed by atoms with Gasteiger partial charge in [-0.15, -0.1) is 0 Å². The summed E-state index contributed by atoms with van der Waals surface area (Å²) in [5.41, 5.74) is 0.811. The Morgan fingerprint density at radius 1 is 1.19 bits per heavy atom. The normalized spacial score (nSPS) is 12.2. The standard InChI is InChI=1S/C16H16ClF2NO/c1-20-16(9-12-14(18)4-3-5-15(12)19)11-7-6-10(21-2)8-13(11)17/h3-8,16,20H,9H2,1-2H3. The summed E-state index contributed by atoms with van der Waals surface area (Å²) < 4.78 is 32.6. The van der Waals surface area contributed by atoms with E-state index in [1.54, 1.807) is 32.4 Å². The molecule has 5 heteroatoms. The van der Waals surface area contributed by atoms with Gasteiger partial charge in [-0.05, 0) is 43.3 Å². The highest BCUT2D eigenvalue weighted by Crippen LogP contribution is 2.30. The summed E-state index contributed by atoms with van der Waals surface area (Å²) in [4.78, 5) is 0. The molecule has 1 unspecified atom stereocenters. The molecule has 0 bridgehead atoms. The Bertz CT molecular complexity index is 613. The van der Waals surface area contributed by atoms with Crippen molar-refractivity contribution < 1.29 is 13.5 Å². The van der Waals surface area contributed by atoms with Gasteiger partial charge in [-0.25, -0.2) is 8.78 Å². The molecule has 0 aliphatic carbocycles. The smallest absolute Gasteiger partial charge is 0.129 e. The van der Waals surface area contributed by atoms with Crippen molar-refractivity contribution in [1.29, 1.82) is 0 Å². The number of hydrogen-bond donors (Lipinski definition) is 1. The molecule has 1 atom stereocenters. The molecule has 21 heavy (non-hydrogen) atoms. The summed E-state index contributed by atoms with van der Waals surface area (Å²) in [6.45, 7) is 0. The van der Waals surface area contributed by atoms with E-state index in [0.717, 1.165) is 5.56 Å².